The van der Waals surface area contributed by atoms with Crippen molar-refractivity contribution in [2.24, 2.45) is 4.99 Å². The Kier molecular flexibility index (Phi) is 10.4. The van der Waals surface area contributed by atoms with Crippen LogP contribution in [-0.2, 0) is 0 Å². The smallest absolute Gasteiger partial charge is 0.109 e. The van der Waals surface area contributed by atoms with E-state index in [0.29, 0.717) is 0 Å². The molecule has 0 saturated heterocycles. The van der Waals surface area contributed by atoms with Gasteiger partial charge in [0, 0.05) is 24.2 Å². The number of halogens is 1. The fraction of sp³-hybridized carbons (Fsp3) is 0.743. The molecule has 2 aromatic carbocycles. The first-order valence-corrected chi connectivity index (χ1v) is 16.8. The van der Waals surface area contributed by atoms with Gasteiger partial charge in [-0.15, -0.1) is 12.4 Å². The Balaban J connectivity index is 0.00000308. The molecule has 0 heterocycles. The van der Waals surface area contributed by atoms with Gasteiger partial charge in [0.15, 0.2) is 0 Å². The predicted octanol–water partition coefficient (Wildman–Crippen LogP) is 9.59. The standard InChI is InChI=1S/C35H53N3.ClH/c1-27(28-17-7-2-8-18-28)36-33-34(37(29-19-9-3-10-20-29)30-21-11-4-12-22-30)35(33)38(31-23-13-5-14-24-31)32-25-15-6-16-26-32;/h2,7-8,17-18,27,29-32H,3-6,9-16,19-26H2,1H3;1H. The number of anilines is 2. The molecule has 0 radical (unpaired) electrons. The van der Waals surface area contributed by atoms with Gasteiger partial charge in [0.1, 0.15) is 5.36 Å². The lowest BCUT2D eigenvalue weighted by Crippen LogP contribution is -2.46. The first-order chi connectivity index (χ1) is 18.8. The second-order valence-corrected chi connectivity index (χ2v) is 13.2. The third kappa shape index (κ3) is 6.71. The molecule has 2 aromatic rings. The molecule has 4 heteroatoms. The second-order valence-electron chi connectivity index (χ2n) is 13.2. The lowest BCUT2D eigenvalue weighted by atomic mass is 9.88. The van der Waals surface area contributed by atoms with Crippen LogP contribution in [0.2, 0.25) is 0 Å². The van der Waals surface area contributed by atoms with Crippen LogP contribution >= 0.6 is 12.4 Å². The largest absolute Gasteiger partial charge is 0.362 e. The maximum atomic E-state index is 5.60. The maximum absolute atomic E-state index is 5.60. The highest BCUT2D eigenvalue weighted by molar-refractivity contribution is 5.86. The van der Waals surface area contributed by atoms with Crippen LogP contribution in [0.4, 0.5) is 11.4 Å². The topological polar surface area (TPSA) is 18.8 Å². The summed E-state index contributed by atoms with van der Waals surface area (Å²) in [6.07, 6.45) is 28.2. The predicted molar refractivity (Wildman–Crippen MR) is 169 cm³/mol. The molecule has 0 aromatic heterocycles. The van der Waals surface area contributed by atoms with Gasteiger partial charge in [-0.05, 0) is 63.9 Å². The Morgan fingerprint density at radius 3 is 1.21 bits per heavy atom. The average Bonchev–Trinajstić information content (AvgIpc) is 3.67. The molecule has 4 aliphatic rings. The summed E-state index contributed by atoms with van der Waals surface area (Å²) in [7, 11) is 0. The van der Waals surface area contributed by atoms with Crippen molar-refractivity contribution in [3.8, 4) is 0 Å². The normalized spacial score (nSPS) is 23.3. The monoisotopic (exact) mass is 551 g/mol. The lowest BCUT2D eigenvalue weighted by molar-refractivity contribution is 0.335. The van der Waals surface area contributed by atoms with Crippen LogP contribution in [0.1, 0.15) is 147 Å². The van der Waals surface area contributed by atoms with Crippen molar-refractivity contribution in [1.82, 2.24) is 0 Å². The molecule has 0 aliphatic heterocycles. The van der Waals surface area contributed by atoms with Crippen molar-refractivity contribution in [1.29, 1.82) is 0 Å². The van der Waals surface area contributed by atoms with Gasteiger partial charge in [-0.2, -0.15) is 0 Å². The van der Waals surface area contributed by atoms with Gasteiger partial charge in [0.2, 0.25) is 0 Å². The first-order valence-electron chi connectivity index (χ1n) is 16.8. The lowest BCUT2D eigenvalue weighted by Gasteiger charge is -2.44. The van der Waals surface area contributed by atoms with E-state index in [2.05, 4.69) is 47.1 Å². The number of benzene rings is 1. The number of hydrogen-bond acceptors (Lipinski definition) is 3. The SMILES string of the molecule is CC(N=c1c(N(C2CCCCC2)C2CCCCC2)c1N(C1CCCCC1)C1CCCCC1)c1ccccc1.Cl. The number of hydrogen-bond donors (Lipinski definition) is 0. The highest BCUT2D eigenvalue weighted by atomic mass is 35.5. The van der Waals surface area contributed by atoms with Crippen molar-refractivity contribution in [2.75, 3.05) is 9.80 Å². The Labute approximate surface area is 244 Å². The van der Waals surface area contributed by atoms with Crippen LogP contribution in [0, 0.1) is 0 Å². The summed E-state index contributed by atoms with van der Waals surface area (Å²) in [4.78, 5) is 11.6. The summed E-state index contributed by atoms with van der Waals surface area (Å²) in [5.41, 5.74) is 4.58. The van der Waals surface area contributed by atoms with Crippen LogP contribution < -0.4 is 15.2 Å². The van der Waals surface area contributed by atoms with E-state index in [9.17, 15) is 0 Å². The van der Waals surface area contributed by atoms with Gasteiger partial charge in [0.25, 0.3) is 0 Å². The third-order valence-corrected chi connectivity index (χ3v) is 10.6. The van der Waals surface area contributed by atoms with Gasteiger partial charge in [-0.3, -0.25) is 4.99 Å². The minimum Gasteiger partial charge on any atom is -0.362 e. The van der Waals surface area contributed by atoms with Gasteiger partial charge >= 0.3 is 0 Å². The van der Waals surface area contributed by atoms with Crippen molar-refractivity contribution in [2.45, 2.75) is 166 Å². The summed E-state index contributed by atoms with van der Waals surface area (Å²) in [5, 5.41) is 1.41. The van der Waals surface area contributed by atoms with Crippen molar-refractivity contribution in [3.05, 3.63) is 41.3 Å². The first kappa shape index (κ1) is 29.0. The molecular weight excluding hydrogens is 498 g/mol. The van der Waals surface area contributed by atoms with Gasteiger partial charge < -0.3 is 9.80 Å². The van der Waals surface area contributed by atoms with Crippen LogP contribution in [-0.4, -0.2) is 24.2 Å². The Morgan fingerprint density at radius 1 is 0.538 bits per heavy atom. The minimum atomic E-state index is 0. The minimum absolute atomic E-state index is 0. The zero-order valence-corrected chi connectivity index (χ0v) is 25.5. The number of rotatable bonds is 8. The molecule has 4 saturated carbocycles. The van der Waals surface area contributed by atoms with Crippen molar-refractivity contribution < 1.29 is 0 Å². The Morgan fingerprint density at radius 2 is 0.872 bits per heavy atom. The van der Waals surface area contributed by atoms with E-state index in [1.165, 1.54) is 139 Å². The maximum Gasteiger partial charge on any atom is 0.109 e. The van der Waals surface area contributed by atoms with E-state index < -0.39 is 0 Å². The average molecular weight is 552 g/mol. The summed E-state index contributed by atoms with van der Waals surface area (Å²) in [6, 6.07) is 14.2. The molecule has 0 spiro atoms. The van der Waals surface area contributed by atoms with Crippen molar-refractivity contribution in [3.63, 3.8) is 0 Å². The summed E-state index contributed by atoms with van der Waals surface area (Å²) in [6.45, 7) is 2.33. The molecule has 4 aliphatic carbocycles. The van der Waals surface area contributed by atoms with Gasteiger partial charge in [-0.25, -0.2) is 0 Å². The molecule has 216 valence electrons. The molecule has 0 bridgehead atoms. The summed E-state index contributed by atoms with van der Waals surface area (Å²) >= 11 is 0. The highest BCUT2D eigenvalue weighted by Gasteiger charge is 2.42. The van der Waals surface area contributed by atoms with Gasteiger partial charge in [-0.1, -0.05) is 107 Å². The van der Waals surface area contributed by atoms with E-state index in [0.717, 1.165) is 24.2 Å². The van der Waals surface area contributed by atoms with Gasteiger partial charge in [0.05, 0.1) is 17.4 Å². The molecule has 6 rings (SSSR count). The zero-order valence-electron chi connectivity index (χ0n) is 24.7. The van der Waals surface area contributed by atoms with Crippen LogP contribution in [0.15, 0.2) is 35.3 Å². The zero-order chi connectivity index (χ0) is 25.7. The van der Waals surface area contributed by atoms with E-state index in [1.54, 1.807) is 11.4 Å². The molecule has 1 unspecified atom stereocenters. The van der Waals surface area contributed by atoms with E-state index in [4.69, 9.17) is 4.99 Å². The van der Waals surface area contributed by atoms with Crippen LogP contribution in [0.3, 0.4) is 0 Å². The molecule has 3 nitrogen and oxygen atoms in total. The fourth-order valence-corrected chi connectivity index (χ4v) is 8.53. The molecule has 0 amide bonds. The molecule has 1 atom stereocenters. The quantitative estimate of drug-likeness (QED) is 0.325. The Bertz CT molecular complexity index is 909. The summed E-state index contributed by atoms with van der Waals surface area (Å²) in [5.74, 6) is 0. The van der Waals surface area contributed by atoms with E-state index in [-0.39, 0.29) is 18.4 Å². The molecule has 39 heavy (non-hydrogen) atoms. The third-order valence-electron chi connectivity index (χ3n) is 10.6. The summed E-state index contributed by atoms with van der Waals surface area (Å²) < 4.78 is 0. The van der Waals surface area contributed by atoms with Crippen molar-refractivity contribution >= 4 is 23.8 Å². The van der Waals surface area contributed by atoms with Crippen LogP contribution in [0.25, 0.3) is 0 Å². The fourth-order valence-electron chi connectivity index (χ4n) is 8.53. The Hall–Kier alpha value is -1.48. The van der Waals surface area contributed by atoms with E-state index in [1.807, 2.05) is 0 Å². The highest BCUT2D eigenvalue weighted by Crippen LogP contribution is 2.46. The molecular formula is C35H54ClN3. The number of nitrogens with zero attached hydrogens (tertiary/aromatic N) is 3. The van der Waals surface area contributed by atoms with E-state index >= 15 is 0 Å². The molecule has 4 fully saturated rings. The molecule has 0 N–H and O–H groups in total. The van der Waals surface area contributed by atoms with Crippen LogP contribution in [0.5, 0.6) is 0 Å². The second kappa shape index (κ2) is 13.9.